The molecule has 0 fully saturated rings. The van der Waals surface area contributed by atoms with Crippen LogP contribution in [0.25, 0.3) is 0 Å². The normalized spacial score (nSPS) is 11.8. The molecule has 0 aliphatic rings. The topological polar surface area (TPSA) is 42.7 Å². The van der Waals surface area contributed by atoms with Crippen LogP contribution in [-0.2, 0) is 13.1 Å². The minimum atomic E-state index is 0.108. The van der Waals surface area contributed by atoms with Crippen LogP contribution < -0.4 is 5.32 Å². The van der Waals surface area contributed by atoms with Gasteiger partial charge in [0.1, 0.15) is 0 Å². The van der Waals surface area contributed by atoms with Gasteiger partial charge in [0.25, 0.3) is 0 Å². The Bertz CT molecular complexity index is 537. The van der Waals surface area contributed by atoms with Gasteiger partial charge in [0.15, 0.2) is 0 Å². The van der Waals surface area contributed by atoms with Crippen LogP contribution in [0.2, 0.25) is 0 Å². The van der Waals surface area contributed by atoms with Crippen LogP contribution in [0.1, 0.15) is 37.9 Å². The summed E-state index contributed by atoms with van der Waals surface area (Å²) in [5.41, 5.74) is 3.40. The summed E-state index contributed by atoms with van der Waals surface area (Å²) < 4.78 is 2.14. The van der Waals surface area contributed by atoms with Crippen molar-refractivity contribution in [1.82, 2.24) is 19.9 Å². The lowest BCUT2D eigenvalue weighted by molar-refractivity contribution is 0.416. The Kier molecular flexibility index (Phi) is 4.00. The van der Waals surface area contributed by atoms with Crippen LogP contribution in [0.5, 0.6) is 0 Å². The molecule has 2 aromatic heterocycles. The van der Waals surface area contributed by atoms with E-state index in [1.54, 1.807) is 0 Å². The van der Waals surface area contributed by atoms with Gasteiger partial charge in [0.05, 0.1) is 24.3 Å². The summed E-state index contributed by atoms with van der Waals surface area (Å²) in [4.78, 5) is 8.77. The van der Waals surface area contributed by atoms with Gasteiger partial charge in [-0.05, 0) is 39.8 Å². The second-order valence-electron chi connectivity index (χ2n) is 5.89. The Labute approximate surface area is 114 Å². The average molecular weight is 258 g/mol. The molecule has 4 heteroatoms. The van der Waals surface area contributed by atoms with E-state index in [9.17, 15) is 0 Å². The van der Waals surface area contributed by atoms with Crippen molar-refractivity contribution >= 4 is 0 Å². The van der Waals surface area contributed by atoms with E-state index in [-0.39, 0.29) is 5.54 Å². The Hall–Kier alpha value is -1.68. The van der Waals surface area contributed by atoms with E-state index in [1.807, 2.05) is 37.6 Å². The first-order chi connectivity index (χ1) is 8.94. The molecule has 19 heavy (non-hydrogen) atoms. The van der Waals surface area contributed by atoms with E-state index in [1.165, 1.54) is 5.69 Å². The molecule has 1 N–H and O–H groups in total. The Balaban J connectivity index is 2.07. The van der Waals surface area contributed by atoms with Gasteiger partial charge in [-0.3, -0.25) is 4.98 Å². The van der Waals surface area contributed by atoms with Gasteiger partial charge < -0.3 is 9.88 Å². The molecule has 0 saturated carbocycles. The lowest BCUT2D eigenvalue weighted by Gasteiger charge is -2.20. The van der Waals surface area contributed by atoms with Crippen molar-refractivity contribution in [2.45, 2.75) is 46.3 Å². The van der Waals surface area contributed by atoms with E-state index in [0.29, 0.717) is 0 Å². The quantitative estimate of drug-likeness (QED) is 0.916. The van der Waals surface area contributed by atoms with Crippen LogP contribution in [0.15, 0.2) is 30.7 Å². The molecule has 102 valence electrons. The SMILES string of the molecule is Cc1cccc(Cn2cncc2CNC(C)(C)C)n1. The second kappa shape index (κ2) is 5.53. The lowest BCUT2D eigenvalue weighted by atomic mass is 10.1. The molecule has 0 saturated heterocycles. The highest BCUT2D eigenvalue weighted by Crippen LogP contribution is 2.07. The van der Waals surface area contributed by atoms with E-state index in [2.05, 4.69) is 40.6 Å². The molecule has 0 aliphatic heterocycles. The minimum Gasteiger partial charge on any atom is -0.327 e. The predicted octanol–water partition coefficient (Wildman–Crippen LogP) is 2.52. The average Bonchev–Trinajstić information content (AvgIpc) is 2.73. The zero-order valence-electron chi connectivity index (χ0n) is 12.1. The number of hydrogen-bond donors (Lipinski definition) is 1. The first kappa shape index (κ1) is 13.7. The maximum absolute atomic E-state index is 4.53. The minimum absolute atomic E-state index is 0.108. The van der Waals surface area contributed by atoms with Gasteiger partial charge in [0, 0.05) is 24.0 Å². The predicted molar refractivity (Wildman–Crippen MR) is 76.9 cm³/mol. The third kappa shape index (κ3) is 4.17. The fourth-order valence-electron chi connectivity index (χ4n) is 1.86. The maximum atomic E-state index is 4.53. The summed E-state index contributed by atoms with van der Waals surface area (Å²) in [6, 6.07) is 6.11. The zero-order chi connectivity index (χ0) is 13.9. The fraction of sp³-hybridized carbons (Fsp3) is 0.467. The highest BCUT2D eigenvalue weighted by molar-refractivity contribution is 5.11. The van der Waals surface area contributed by atoms with Crippen molar-refractivity contribution in [1.29, 1.82) is 0 Å². The summed E-state index contributed by atoms with van der Waals surface area (Å²) in [7, 11) is 0. The van der Waals surface area contributed by atoms with Gasteiger partial charge in [-0.25, -0.2) is 4.98 Å². The number of nitrogens with zero attached hydrogens (tertiary/aromatic N) is 3. The molecule has 0 atom stereocenters. The number of aryl methyl sites for hydroxylation is 1. The van der Waals surface area contributed by atoms with Gasteiger partial charge in [-0.1, -0.05) is 6.07 Å². The number of nitrogens with one attached hydrogen (secondary N) is 1. The Morgan fingerprint density at radius 1 is 1.26 bits per heavy atom. The second-order valence-corrected chi connectivity index (χ2v) is 5.89. The summed E-state index contributed by atoms with van der Waals surface area (Å²) >= 11 is 0. The molecule has 4 nitrogen and oxygen atoms in total. The largest absolute Gasteiger partial charge is 0.327 e. The van der Waals surface area contributed by atoms with Gasteiger partial charge in [-0.15, -0.1) is 0 Å². The fourth-order valence-corrected chi connectivity index (χ4v) is 1.86. The number of rotatable bonds is 4. The van der Waals surface area contributed by atoms with Crippen molar-refractivity contribution in [2.75, 3.05) is 0 Å². The van der Waals surface area contributed by atoms with E-state index >= 15 is 0 Å². The van der Waals surface area contributed by atoms with Crippen molar-refractivity contribution in [3.63, 3.8) is 0 Å². The van der Waals surface area contributed by atoms with E-state index in [4.69, 9.17) is 0 Å². The Morgan fingerprint density at radius 2 is 2.05 bits per heavy atom. The van der Waals surface area contributed by atoms with Crippen LogP contribution >= 0.6 is 0 Å². The first-order valence-corrected chi connectivity index (χ1v) is 6.60. The summed E-state index contributed by atoms with van der Waals surface area (Å²) in [5.74, 6) is 0. The third-order valence-electron chi connectivity index (χ3n) is 2.88. The monoisotopic (exact) mass is 258 g/mol. The standard InChI is InChI=1S/C15H22N4/c1-12-6-5-7-13(18-12)10-19-11-16-8-14(19)9-17-15(2,3)4/h5-8,11,17H,9-10H2,1-4H3. The van der Waals surface area contributed by atoms with Crippen molar-refractivity contribution < 1.29 is 0 Å². The molecule has 2 rings (SSSR count). The van der Waals surface area contributed by atoms with Crippen LogP contribution in [0, 0.1) is 6.92 Å². The number of hydrogen-bond acceptors (Lipinski definition) is 3. The number of pyridine rings is 1. The molecule has 0 radical (unpaired) electrons. The van der Waals surface area contributed by atoms with Gasteiger partial charge in [-0.2, -0.15) is 0 Å². The van der Waals surface area contributed by atoms with E-state index in [0.717, 1.165) is 24.5 Å². The third-order valence-corrected chi connectivity index (χ3v) is 2.88. The molecule has 0 aromatic carbocycles. The van der Waals surface area contributed by atoms with Crippen LogP contribution in [0.3, 0.4) is 0 Å². The number of imidazole rings is 1. The lowest BCUT2D eigenvalue weighted by Crippen LogP contribution is -2.35. The number of aromatic nitrogens is 3. The maximum Gasteiger partial charge on any atom is 0.0952 e. The van der Waals surface area contributed by atoms with Gasteiger partial charge in [0.2, 0.25) is 0 Å². The van der Waals surface area contributed by atoms with Crippen LogP contribution in [0.4, 0.5) is 0 Å². The first-order valence-electron chi connectivity index (χ1n) is 6.60. The van der Waals surface area contributed by atoms with Crippen molar-refractivity contribution in [3.8, 4) is 0 Å². The molecular formula is C15H22N4. The van der Waals surface area contributed by atoms with Crippen LogP contribution in [-0.4, -0.2) is 20.1 Å². The van der Waals surface area contributed by atoms with Gasteiger partial charge >= 0.3 is 0 Å². The molecule has 2 heterocycles. The summed E-state index contributed by atoms with van der Waals surface area (Å²) in [6.07, 6.45) is 3.78. The van der Waals surface area contributed by atoms with E-state index < -0.39 is 0 Å². The summed E-state index contributed by atoms with van der Waals surface area (Å²) in [6.45, 7) is 10.1. The van der Waals surface area contributed by atoms with Crippen molar-refractivity contribution in [2.24, 2.45) is 0 Å². The molecule has 0 amide bonds. The molecule has 0 aliphatic carbocycles. The highest BCUT2D eigenvalue weighted by atomic mass is 15.1. The molecule has 0 spiro atoms. The molecular weight excluding hydrogens is 236 g/mol. The molecule has 0 bridgehead atoms. The Morgan fingerprint density at radius 3 is 2.74 bits per heavy atom. The zero-order valence-corrected chi connectivity index (χ0v) is 12.1. The molecule has 0 unspecified atom stereocenters. The summed E-state index contributed by atoms with van der Waals surface area (Å²) in [5, 5.41) is 3.48. The highest BCUT2D eigenvalue weighted by Gasteiger charge is 2.10. The molecule has 2 aromatic rings. The van der Waals surface area contributed by atoms with Crippen molar-refractivity contribution in [3.05, 3.63) is 47.8 Å². The smallest absolute Gasteiger partial charge is 0.0952 e.